The van der Waals surface area contributed by atoms with Crippen molar-refractivity contribution in [2.45, 2.75) is 13.3 Å². The summed E-state index contributed by atoms with van der Waals surface area (Å²) in [5.41, 5.74) is 1.07. The monoisotopic (exact) mass is 352 g/mol. The minimum atomic E-state index is -0.538. The van der Waals surface area contributed by atoms with Crippen molar-refractivity contribution in [2.75, 3.05) is 19.0 Å². The van der Waals surface area contributed by atoms with E-state index < -0.39 is 5.91 Å². The van der Waals surface area contributed by atoms with Crippen LogP contribution in [-0.4, -0.2) is 24.7 Å². The predicted molar refractivity (Wildman–Crippen MR) is 99.1 cm³/mol. The van der Waals surface area contributed by atoms with Gasteiger partial charge in [0.15, 0.2) is 11.5 Å². The number of phenols is 1. The van der Waals surface area contributed by atoms with Crippen molar-refractivity contribution in [3.63, 3.8) is 0 Å². The van der Waals surface area contributed by atoms with E-state index >= 15 is 0 Å². The molecule has 0 spiro atoms. The van der Waals surface area contributed by atoms with Crippen LogP contribution in [0, 0.1) is 11.3 Å². The van der Waals surface area contributed by atoms with Gasteiger partial charge in [-0.05, 0) is 54.5 Å². The number of hydrogen-bond acceptors (Lipinski definition) is 5. The third-order valence-electron chi connectivity index (χ3n) is 3.45. The molecule has 0 saturated carbocycles. The number of nitriles is 1. The Morgan fingerprint density at radius 1 is 1.23 bits per heavy atom. The SMILES string of the molecule is CCCOc1ccc(/C=C(\C#N)C(=O)Nc2ccc(O)cc2)cc1OC. The number of benzene rings is 2. The van der Waals surface area contributed by atoms with Crippen molar-refractivity contribution in [3.05, 3.63) is 53.6 Å². The Bertz CT molecular complexity index is 836. The summed E-state index contributed by atoms with van der Waals surface area (Å²) in [5.74, 6) is 0.696. The zero-order valence-corrected chi connectivity index (χ0v) is 14.7. The van der Waals surface area contributed by atoms with Crippen molar-refractivity contribution in [2.24, 2.45) is 0 Å². The van der Waals surface area contributed by atoms with Gasteiger partial charge in [0.2, 0.25) is 0 Å². The summed E-state index contributed by atoms with van der Waals surface area (Å²) < 4.78 is 10.9. The van der Waals surface area contributed by atoms with Crippen molar-refractivity contribution < 1.29 is 19.4 Å². The molecule has 0 fully saturated rings. The zero-order valence-electron chi connectivity index (χ0n) is 14.7. The Balaban J connectivity index is 2.20. The Morgan fingerprint density at radius 3 is 2.58 bits per heavy atom. The van der Waals surface area contributed by atoms with Crippen LogP contribution in [0.25, 0.3) is 6.08 Å². The molecule has 0 radical (unpaired) electrons. The van der Waals surface area contributed by atoms with E-state index in [1.807, 2.05) is 13.0 Å². The van der Waals surface area contributed by atoms with Gasteiger partial charge in [-0.3, -0.25) is 4.79 Å². The van der Waals surface area contributed by atoms with Crippen LogP contribution in [0.4, 0.5) is 5.69 Å². The molecule has 6 nitrogen and oxygen atoms in total. The van der Waals surface area contributed by atoms with E-state index in [1.54, 1.807) is 30.3 Å². The first-order valence-corrected chi connectivity index (χ1v) is 8.10. The van der Waals surface area contributed by atoms with Gasteiger partial charge in [-0.2, -0.15) is 5.26 Å². The van der Waals surface area contributed by atoms with Crippen LogP contribution in [0.15, 0.2) is 48.0 Å². The number of methoxy groups -OCH3 is 1. The Kier molecular flexibility index (Phi) is 6.63. The zero-order chi connectivity index (χ0) is 18.9. The topological polar surface area (TPSA) is 91.6 Å². The van der Waals surface area contributed by atoms with E-state index in [-0.39, 0.29) is 11.3 Å². The standard InChI is InChI=1S/C20H20N2O4/c1-3-10-26-18-9-4-14(12-19(18)25-2)11-15(13-21)20(24)22-16-5-7-17(23)8-6-16/h4-9,11-12,23H,3,10H2,1-2H3,(H,22,24)/b15-11+. The number of nitrogens with one attached hydrogen (secondary N) is 1. The lowest BCUT2D eigenvalue weighted by atomic mass is 10.1. The Morgan fingerprint density at radius 2 is 1.96 bits per heavy atom. The maximum Gasteiger partial charge on any atom is 0.266 e. The fourth-order valence-corrected chi connectivity index (χ4v) is 2.16. The lowest BCUT2D eigenvalue weighted by Crippen LogP contribution is -2.13. The summed E-state index contributed by atoms with van der Waals surface area (Å²) in [6.45, 7) is 2.58. The van der Waals surface area contributed by atoms with Gasteiger partial charge in [0, 0.05) is 5.69 Å². The van der Waals surface area contributed by atoms with Gasteiger partial charge in [0.1, 0.15) is 17.4 Å². The molecule has 6 heteroatoms. The van der Waals surface area contributed by atoms with Crippen LogP contribution in [0.5, 0.6) is 17.2 Å². The van der Waals surface area contributed by atoms with Gasteiger partial charge in [0.25, 0.3) is 5.91 Å². The van der Waals surface area contributed by atoms with E-state index in [4.69, 9.17) is 9.47 Å². The van der Waals surface area contributed by atoms with Gasteiger partial charge in [-0.15, -0.1) is 0 Å². The molecule has 2 aromatic carbocycles. The number of nitrogens with zero attached hydrogens (tertiary/aromatic N) is 1. The van der Waals surface area contributed by atoms with Crippen LogP contribution in [0.3, 0.4) is 0 Å². The number of carbonyl (C=O) groups excluding carboxylic acids is 1. The molecule has 26 heavy (non-hydrogen) atoms. The number of phenolic OH excluding ortho intramolecular Hbond substituents is 1. The summed E-state index contributed by atoms with van der Waals surface area (Å²) in [7, 11) is 1.53. The Labute approximate surface area is 152 Å². The molecule has 0 atom stereocenters. The molecule has 0 aromatic heterocycles. The van der Waals surface area contributed by atoms with E-state index in [1.165, 1.54) is 25.3 Å². The van der Waals surface area contributed by atoms with Crippen LogP contribution in [0.2, 0.25) is 0 Å². The number of rotatable bonds is 7. The molecular weight excluding hydrogens is 332 g/mol. The first-order valence-electron chi connectivity index (χ1n) is 8.10. The van der Waals surface area contributed by atoms with Crippen molar-refractivity contribution in [1.82, 2.24) is 0 Å². The highest BCUT2D eigenvalue weighted by atomic mass is 16.5. The summed E-state index contributed by atoms with van der Waals surface area (Å²) in [4.78, 5) is 12.3. The first-order chi connectivity index (χ1) is 12.6. The molecule has 0 aliphatic rings. The predicted octanol–water partition coefficient (Wildman–Crippen LogP) is 3.74. The average Bonchev–Trinajstić information content (AvgIpc) is 2.66. The molecule has 2 aromatic rings. The molecule has 0 aliphatic heterocycles. The maximum atomic E-state index is 12.3. The molecular formula is C20H20N2O4. The van der Waals surface area contributed by atoms with Gasteiger partial charge >= 0.3 is 0 Å². The average molecular weight is 352 g/mol. The smallest absolute Gasteiger partial charge is 0.266 e. The number of hydrogen-bond donors (Lipinski definition) is 2. The summed E-state index contributed by atoms with van der Waals surface area (Å²) >= 11 is 0. The molecule has 0 unspecified atom stereocenters. The quantitative estimate of drug-likeness (QED) is 0.450. The first kappa shape index (κ1) is 18.9. The highest BCUT2D eigenvalue weighted by molar-refractivity contribution is 6.09. The van der Waals surface area contributed by atoms with E-state index in [2.05, 4.69) is 5.32 Å². The third kappa shape index (κ3) is 5.02. The van der Waals surface area contributed by atoms with E-state index in [9.17, 15) is 15.2 Å². The highest BCUT2D eigenvalue weighted by Crippen LogP contribution is 2.29. The second kappa shape index (κ2) is 9.14. The number of anilines is 1. The summed E-state index contributed by atoms with van der Waals surface area (Å²) in [6.07, 6.45) is 2.35. The summed E-state index contributed by atoms with van der Waals surface area (Å²) in [5, 5.41) is 21.2. The molecule has 2 N–H and O–H groups in total. The third-order valence-corrected chi connectivity index (χ3v) is 3.45. The van der Waals surface area contributed by atoms with Gasteiger partial charge in [-0.1, -0.05) is 13.0 Å². The highest BCUT2D eigenvalue weighted by Gasteiger charge is 2.11. The fourth-order valence-electron chi connectivity index (χ4n) is 2.16. The Hall–Kier alpha value is -3.46. The molecule has 0 heterocycles. The molecule has 134 valence electrons. The number of amides is 1. The minimum Gasteiger partial charge on any atom is -0.508 e. The van der Waals surface area contributed by atoms with E-state index in [0.29, 0.717) is 29.4 Å². The second-order valence-corrected chi connectivity index (χ2v) is 5.43. The maximum absolute atomic E-state index is 12.3. The molecule has 0 bridgehead atoms. The molecule has 0 saturated heterocycles. The summed E-state index contributed by atoms with van der Waals surface area (Å²) in [6, 6.07) is 13.1. The largest absolute Gasteiger partial charge is 0.508 e. The number of aromatic hydroxyl groups is 1. The molecule has 1 amide bonds. The lowest BCUT2D eigenvalue weighted by molar-refractivity contribution is -0.112. The van der Waals surface area contributed by atoms with Crippen LogP contribution in [-0.2, 0) is 4.79 Å². The van der Waals surface area contributed by atoms with Crippen LogP contribution in [0.1, 0.15) is 18.9 Å². The van der Waals surface area contributed by atoms with Gasteiger partial charge < -0.3 is 19.9 Å². The van der Waals surface area contributed by atoms with Crippen LogP contribution < -0.4 is 14.8 Å². The number of ether oxygens (including phenoxy) is 2. The minimum absolute atomic E-state index is 0.0534. The fraction of sp³-hybridized carbons (Fsp3) is 0.200. The van der Waals surface area contributed by atoms with E-state index in [0.717, 1.165) is 6.42 Å². The molecule has 0 aliphatic carbocycles. The molecule has 2 rings (SSSR count). The number of carbonyl (C=O) groups is 1. The second-order valence-electron chi connectivity index (χ2n) is 5.43. The van der Waals surface area contributed by atoms with Crippen LogP contribution >= 0.6 is 0 Å². The lowest BCUT2D eigenvalue weighted by Gasteiger charge is -2.10. The van der Waals surface area contributed by atoms with Crippen molar-refractivity contribution >= 4 is 17.7 Å². The van der Waals surface area contributed by atoms with Crippen molar-refractivity contribution in [3.8, 4) is 23.3 Å². The van der Waals surface area contributed by atoms with Crippen molar-refractivity contribution in [1.29, 1.82) is 5.26 Å². The van der Waals surface area contributed by atoms with Gasteiger partial charge in [0.05, 0.1) is 13.7 Å². The normalized spacial score (nSPS) is 10.7. The van der Waals surface area contributed by atoms with Gasteiger partial charge in [-0.25, -0.2) is 0 Å².